The molecule has 5 aromatic rings. The summed E-state index contributed by atoms with van der Waals surface area (Å²) < 4.78 is 3.20. The van der Waals surface area contributed by atoms with Crippen LogP contribution in [0, 0.1) is 12.8 Å². The zero-order valence-electron chi connectivity index (χ0n) is 26.4. The van der Waals surface area contributed by atoms with Crippen LogP contribution >= 0.6 is 0 Å². The molecule has 1 fully saturated rings. The molecule has 3 amide bonds. The molecule has 3 aromatic heterocycles. The second kappa shape index (κ2) is 12.2. The number of primary amides is 2. The van der Waals surface area contributed by atoms with Crippen LogP contribution in [-0.2, 0) is 4.79 Å². The number of likely N-dealkylation sites (tertiary alicyclic amines) is 1. The molecule has 0 bridgehead atoms. The molecule has 1 aliphatic heterocycles. The van der Waals surface area contributed by atoms with Crippen molar-refractivity contribution in [1.29, 1.82) is 0 Å². The van der Waals surface area contributed by atoms with Crippen LogP contribution in [0.1, 0.15) is 64.7 Å². The normalized spacial score (nSPS) is 13.7. The molecular weight excluding hydrogens is 596 g/mol. The van der Waals surface area contributed by atoms with E-state index in [9.17, 15) is 19.2 Å². The number of piperidine rings is 1. The van der Waals surface area contributed by atoms with E-state index in [1.807, 2.05) is 41.5 Å². The van der Waals surface area contributed by atoms with Gasteiger partial charge in [-0.05, 0) is 49.1 Å². The van der Waals surface area contributed by atoms with Gasteiger partial charge in [-0.15, -0.1) is 0 Å². The number of anilines is 1. The Labute approximate surface area is 270 Å². The van der Waals surface area contributed by atoms with E-state index in [0.717, 1.165) is 29.7 Å². The molecule has 240 valence electrons. The number of para-hydroxylation sites is 1. The fraction of sp³-hybridized carbons (Fsp3) is 0.257. The summed E-state index contributed by atoms with van der Waals surface area (Å²) in [6.45, 7) is 6.86. The quantitative estimate of drug-likeness (QED) is 0.244. The molecule has 12 nitrogen and oxygen atoms in total. The molecule has 0 spiro atoms. The van der Waals surface area contributed by atoms with Crippen LogP contribution in [0.15, 0.2) is 71.8 Å². The average molecular weight is 633 g/mol. The van der Waals surface area contributed by atoms with Gasteiger partial charge >= 0.3 is 0 Å². The maximum atomic E-state index is 13.6. The summed E-state index contributed by atoms with van der Waals surface area (Å²) in [4.78, 5) is 57.7. The van der Waals surface area contributed by atoms with Crippen molar-refractivity contribution < 1.29 is 14.4 Å². The summed E-state index contributed by atoms with van der Waals surface area (Å²) in [5.74, 6) is -1.39. The molecule has 1 aliphatic rings. The first-order valence-electron chi connectivity index (χ1n) is 15.5. The first-order valence-corrected chi connectivity index (χ1v) is 15.5. The topological polar surface area (TPSA) is 185 Å². The van der Waals surface area contributed by atoms with Gasteiger partial charge < -0.3 is 22.1 Å². The number of carbonyl (C=O) groups excluding carboxylic acids is 3. The fourth-order valence-corrected chi connectivity index (χ4v) is 6.69. The van der Waals surface area contributed by atoms with Gasteiger partial charge in [-0.25, -0.2) is 9.50 Å². The number of fused-ring (bicyclic) bond motifs is 1. The number of aromatic nitrogens is 4. The molecule has 0 radical (unpaired) electrons. The smallest absolute Gasteiger partial charge is 0.269 e. The van der Waals surface area contributed by atoms with Crippen LogP contribution in [0.25, 0.3) is 33.5 Å². The predicted octanol–water partition coefficient (Wildman–Crippen LogP) is 3.66. The minimum atomic E-state index is -1.05. The Bertz CT molecular complexity index is 2090. The van der Waals surface area contributed by atoms with Gasteiger partial charge in [0.15, 0.2) is 5.82 Å². The Morgan fingerprint density at radius 3 is 2.11 bits per heavy atom. The van der Waals surface area contributed by atoms with Gasteiger partial charge in [0.1, 0.15) is 17.4 Å². The Morgan fingerprint density at radius 1 is 0.894 bits per heavy atom. The Kier molecular flexibility index (Phi) is 8.10. The third-order valence-corrected chi connectivity index (χ3v) is 8.94. The van der Waals surface area contributed by atoms with Crippen LogP contribution in [-0.4, -0.2) is 54.9 Å². The summed E-state index contributed by atoms with van der Waals surface area (Å²) in [6.07, 6.45) is 3.02. The SMILES string of the molecule is Cc1c(-c2ccc(-c3cc(C4CCN(C(=O)C(C)C)CC4)n4ncnc(N)c34)cc2)c(C(N)=O)c(C(N)=O)c(=O)n1-c1ccccc1. The molecular formula is C35H36N8O4. The molecule has 2 aromatic carbocycles. The highest BCUT2D eigenvalue weighted by Gasteiger charge is 2.30. The van der Waals surface area contributed by atoms with Crippen molar-refractivity contribution in [2.75, 3.05) is 18.8 Å². The van der Waals surface area contributed by atoms with Crippen molar-refractivity contribution in [3.8, 4) is 27.9 Å². The fourth-order valence-electron chi connectivity index (χ4n) is 6.69. The van der Waals surface area contributed by atoms with Crippen LogP contribution in [0.5, 0.6) is 0 Å². The van der Waals surface area contributed by atoms with Gasteiger partial charge in [0, 0.05) is 53.1 Å². The standard InChI is InChI=1S/C35H36N8O4/c1-19(2)34(46)41-15-13-22(14-16-41)26-17-25(30-31(36)39-18-40-43(26)30)21-9-11-23(12-10-21)27-20(3)42(24-7-5-4-6-8-24)35(47)29(33(38)45)28(27)32(37)44/h4-12,17-19,22H,13-16H2,1-3H3,(H2,37,44)(H2,38,45)(H2,36,39,40). The third kappa shape index (κ3) is 5.41. The number of nitrogens with two attached hydrogens (primary N) is 3. The number of hydrogen-bond acceptors (Lipinski definition) is 7. The Hall–Kier alpha value is -5.78. The van der Waals surface area contributed by atoms with Crippen molar-refractivity contribution >= 4 is 29.1 Å². The van der Waals surface area contributed by atoms with Crippen molar-refractivity contribution in [2.24, 2.45) is 17.4 Å². The van der Waals surface area contributed by atoms with Crippen molar-refractivity contribution in [1.82, 2.24) is 24.1 Å². The van der Waals surface area contributed by atoms with E-state index in [1.165, 1.54) is 10.9 Å². The van der Waals surface area contributed by atoms with Crippen molar-refractivity contribution in [2.45, 2.75) is 39.5 Å². The highest BCUT2D eigenvalue weighted by Crippen LogP contribution is 2.38. The molecule has 6 rings (SSSR count). The van der Waals surface area contributed by atoms with Crippen LogP contribution in [0.3, 0.4) is 0 Å². The van der Waals surface area contributed by atoms with E-state index in [4.69, 9.17) is 17.2 Å². The van der Waals surface area contributed by atoms with Gasteiger partial charge in [-0.3, -0.25) is 23.7 Å². The lowest BCUT2D eigenvalue weighted by atomic mass is 9.91. The maximum absolute atomic E-state index is 13.6. The van der Waals surface area contributed by atoms with Crippen molar-refractivity contribution in [3.05, 3.63) is 99.9 Å². The molecule has 12 heteroatoms. The van der Waals surface area contributed by atoms with E-state index in [1.54, 1.807) is 43.3 Å². The highest BCUT2D eigenvalue weighted by atomic mass is 16.2. The van der Waals surface area contributed by atoms with E-state index in [0.29, 0.717) is 46.9 Å². The summed E-state index contributed by atoms with van der Waals surface area (Å²) in [5, 5.41) is 4.54. The van der Waals surface area contributed by atoms with Gasteiger partial charge in [-0.1, -0.05) is 56.3 Å². The summed E-state index contributed by atoms with van der Waals surface area (Å²) >= 11 is 0. The van der Waals surface area contributed by atoms with E-state index in [-0.39, 0.29) is 23.3 Å². The lowest BCUT2D eigenvalue weighted by molar-refractivity contribution is -0.135. The third-order valence-electron chi connectivity index (χ3n) is 8.94. The second-order valence-electron chi connectivity index (χ2n) is 12.1. The number of carbonyl (C=O) groups is 3. The number of hydrogen-bond donors (Lipinski definition) is 3. The minimum Gasteiger partial charge on any atom is -0.382 e. The lowest BCUT2D eigenvalue weighted by Crippen LogP contribution is -2.40. The molecule has 0 saturated carbocycles. The zero-order chi connectivity index (χ0) is 33.6. The summed E-state index contributed by atoms with van der Waals surface area (Å²) in [5.41, 5.74) is 21.5. The number of benzene rings is 2. The lowest BCUT2D eigenvalue weighted by Gasteiger charge is -2.33. The molecule has 0 atom stereocenters. The van der Waals surface area contributed by atoms with E-state index >= 15 is 0 Å². The number of rotatable bonds is 7. The molecule has 0 aliphatic carbocycles. The monoisotopic (exact) mass is 632 g/mol. The van der Waals surface area contributed by atoms with Gasteiger partial charge in [0.2, 0.25) is 11.8 Å². The molecule has 1 saturated heterocycles. The van der Waals surface area contributed by atoms with Crippen LogP contribution in [0.2, 0.25) is 0 Å². The predicted molar refractivity (Wildman–Crippen MR) is 179 cm³/mol. The summed E-state index contributed by atoms with van der Waals surface area (Å²) in [6, 6.07) is 18.2. The Morgan fingerprint density at radius 2 is 1.51 bits per heavy atom. The Balaban J connectivity index is 1.45. The highest BCUT2D eigenvalue weighted by molar-refractivity contribution is 6.10. The molecule has 6 N–H and O–H groups in total. The van der Waals surface area contributed by atoms with Gasteiger partial charge in [-0.2, -0.15) is 5.10 Å². The van der Waals surface area contributed by atoms with E-state index in [2.05, 4.69) is 16.1 Å². The largest absolute Gasteiger partial charge is 0.382 e. The minimum absolute atomic E-state index is 0.0465. The number of pyridine rings is 1. The molecule has 0 unspecified atom stereocenters. The average Bonchev–Trinajstić information content (AvgIpc) is 3.45. The number of nitrogens with zero attached hydrogens (tertiary/aromatic N) is 5. The first-order chi connectivity index (χ1) is 22.5. The first kappa shape index (κ1) is 31.2. The molecule has 47 heavy (non-hydrogen) atoms. The van der Waals surface area contributed by atoms with Gasteiger partial charge in [0.05, 0.1) is 5.56 Å². The number of nitrogen functional groups attached to an aromatic ring is 1. The van der Waals surface area contributed by atoms with E-state index < -0.39 is 22.9 Å². The number of amides is 3. The summed E-state index contributed by atoms with van der Waals surface area (Å²) in [7, 11) is 0. The zero-order valence-corrected chi connectivity index (χ0v) is 26.4. The second-order valence-corrected chi connectivity index (χ2v) is 12.1. The van der Waals surface area contributed by atoms with Crippen LogP contribution in [0.4, 0.5) is 5.82 Å². The van der Waals surface area contributed by atoms with Crippen LogP contribution < -0.4 is 22.8 Å². The van der Waals surface area contributed by atoms with Crippen molar-refractivity contribution in [3.63, 3.8) is 0 Å². The maximum Gasteiger partial charge on any atom is 0.269 e. The molecule has 4 heterocycles. The van der Waals surface area contributed by atoms with Gasteiger partial charge in [0.25, 0.3) is 11.5 Å².